The molecule has 4 aromatic rings. The van der Waals surface area contributed by atoms with E-state index < -0.39 is 71.4 Å². The van der Waals surface area contributed by atoms with E-state index in [1.54, 1.807) is 0 Å². The summed E-state index contributed by atoms with van der Waals surface area (Å²) >= 11 is 0. The molecule has 0 heterocycles. The summed E-state index contributed by atoms with van der Waals surface area (Å²) in [5.41, 5.74) is 44.6. The van der Waals surface area contributed by atoms with E-state index in [0.717, 1.165) is 0 Å². The van der Waals surface area contributed by atoms with Crippen molar-refractivity contribution >= 4 is 87.9 Å². The lowest BCUT2D eigenvalue weighted by atomic mass is 10.1. The number of rotatable bonds is 31. The van der Waals surface area contributed by atoms with Gasteiger partial charge in [0.1, 0.15) is 41.1 Å². The highest BCUT2D eigenvalue weighted by molar-refractivity contribution is 6.07. The van der Waals surface area contributed by atoms with Crippen molar-refractivity contribution in [1.29, 1.82) is 0 Å². The van der Waals surface area contributed by atoms with E-state index in [2.05, 4.69) is 52.2 Å². The second-order valence-corrected chi connectivity index (χ2v) is 18.2. The lowest BCUT2D eigenvalue weighted by Gasteiger charge is -2.21. The fraction of sp³-hybridized carbons (Fsp3) is 0.340. The number of ether oxygens (including phenoxy) is 4. The Bertz CT molecular complexity index is 3080. The van der Waals surface area contributed by atoms with Gasteiger partial charge in [0.2, 0.25) is 23.6 Å². The first-order valence-electron chi connectivity index (χ1n) is 25.6. The van der Waals surface area contributed by atoms with Crippen LogP contribution in [0.1, 0.15) is 86.9 Å². The van der Waals surface area contributed by atoms with Crippen molar-refractivity contribution in [2.24, 2.45) is 60.8 Å². The molecule has 83 heavy (non-hydrogen) atoms. The van der Waals surface area contributed by atoms with Crippen molar-refractivity contribution < 1.29 is 57.3 Å². The zero-order chi connectivity index (χ0) is 61.3. The van der Waals surface area contributed by atoms with E-state index in [-0.39, 0.29) is 144 Å². The van der Waals surface area contributed by atoms with Crippen LogP contribution in [-0.2, 0) is 19.2 Å². The summed E-state index contributed by atoms with van der Waals surface area (Å²) in [5, 5.41) is 18.8. The van der Waals surface area contributed by atoms with Gasteiger partial charge in [-0.2, -0.15) is 0 Å². The van der Waals surface area contributed by atoms with Crippen molar-refractivity contribution in [3.8, 4) is 23.0 Å². The first-order chi connectivity index (χ1) is 39.5. The van der Waals surface area contributed by atoms with Gasteiger partial charge in [0.15, 0.2) is 17.9 Å². The number of anilines is 4. The number of benzene rings is 4. The van der Waals surface area contributed by atoms with E-state index >= 15 is 0 Å². The molecule has 0 saturated heterocycles. The summed E-state index contributed by atoms with van der Waals surface area (Å²) in [5.74, 6) is -6.05. The van der Waals surface area contributed by atoms with E-state index in [9.17, 15) is 38.4 Å². The van der Waals surface area contributed by atoms with Crippen LogP contribution in [0.25, 0.3) is 0 Å². The Balaban J connectivity index is 1.62. The molecule has 0 aromatic heterocycles. The number of amides is 8. The van der Waals surface area contributed by atoms with Gasteiger partial charge in [0, 0.05) is 42.4 Å². The molecule has 4 aromatic carbocycles. The number of nitrogens with one attached hydrogen (secondary N) is 7. The maximum Gasteiger partial charge on any atom is 0.255 e. The third-order valence-corrected chi connectivity index (χ3v) is 12.0. The molecule has 0 saturated carbocycles. The Morgan fingerprint density at radius 1 is 0.410 bits per heavy atom. The van der Waals surface area contributed by atoms with Crippen LogP contribution in [0.15, 0.2) is 87.8 Å². The number of carbonyl (C=O) groups excluding carboxylic acids is 8. The Hall–Kier alpha value is -10.4. The summed E-state index contributed by atoms with van der Waals surface area (Å²) in [7, 11) is 5.30. The molecule has 23 N–H and O–H groups in total. The van der Waals surface area contributed by atoms with Crippen LogP contribution in [0.4, 0.5) is 22.7 Å². The molecule has 4 rings (SSSR count). The number of nitrogens with two attached hydrogens (primary N) is 8. The van der Waals surface area contributed by atoms with Crippen LogP contribution in [-0.4, -0.2) is 137 Å². The number of aliphatic imine (C=N–C) groups is 3. The Labute approximate surface area is 477 Å². The van der Waals surface area contributed by atoms with Crippen LogP contribution in [0, 0.1) is 0 Å². The molecule has 30 heteroatoms. The molecule has 30 nitrogen and oxygen atoms in total. The molecule has 446 valence electrons. The number of nitrogens with zero attached hydrogens (tertiary/aromatic N) is 3. The molecule has 0 spiro atoms. The minimum absolute atomic E-state index is 0.00755. The minimum atomic E-state index is -1.31. The highest BCUT2D eigenvalue weighted by Crippen LogP contribution is 2.28. The number of carbonyl (C=O) groups is 8. The highest BCUT2D eigenvalue weighted by Gasteiger charge is 2.29. The fourth-order valence-electron chi connectivity index (χ4n) is 7.84. The van der Waals surface area contributed by atoms with Crippen molar-refractivity contribution in [3.05, 3.63) is 95.1 Å². The molecule has 0 aliphatic rings. The molecule has 0 aliphatic heterocycles. The third-order valence-electron chi connectivity index (χ3n) is 12.0. The third kappa shape index (κ3) is 20.3. The van der Waals surface area contributed by atoms with Gasteiger partial charge in [-0.25, -0.2) is 0 Å². The van der Waals surface area contributed by atoms with Gasteiger partial charge in [-0.3, -0.25) is 53.3 Å². The van der Waals surface area contributed by atoms with Gasteiger partial charge < -0.3 is 102 Å². The van der Waals surface area contributed by atoms with Crippen LogP contribution in [0.3, 0.4) is 0 Å². The largest absolute Gasteiger partial charge is 0.496 e. The summed E-state index contributed by atoms with van der Waals surface area (Å²) in [4.78, 5) is 121. The maximum atomic E-state index is 14.3. The molecule has 0 fully saturated rings. The second kappa shape index (κ2) is 32.0. The average molecular weight is 1150 g/mol. The van der Waals surface area contributed by atoms with E-state index in [4.69, 9.17) is 64.8 Å². The molecule has 0 radical (unpaired) electrons. The zero-order valence-electron chi connectivity index (χ0n) is 46.5. The van der Waals surface area contributed by atoms with Gasteiger partial charge in [-0.1, -0.05) is 0 Å². The fourth-order valence-corrected chi connectivity index (χ4v) is 7.84. The number of guanidine groups is 3. The number of hydrogen-bond acceptors (Lipinski definition) is 16. The second-order valence-electron chi connectivity index (χ2n) is 18.2. The zero-order valence-corrected chi connectivity index (χ0v) is 46.5. The SMILES string of the molecule is COc1ccc(NC(=O)[C@@H](CCCN=C(N)N)NC(=O)c2cc(NC(=O)[C@@H](CCCN=C(N)N)NC(=O)c3cc(NC(=O)[C@@H](CCCN=C(N)N)NC(=O)c4cc(NC(=O)[C@@H](C)N)ccc4OC)ccc3OC)ccc2OC)cc1C(N)=O. The monoisotopic (exact) mass is 1150 g/mol. The number of methoxy groups -OCH3 is 4. The highest BCUT2D eigenvalue weighted by atomic mass is 16.5. The summed E-state index contributed by atoms with van der Waals surface area (Å²) in [6.45, 7) is 1.77. The molecule has 8 amide bonds. The van der Waals surface area contributed by atoms with Crippen molar-refractivity contribution in [2.75, 3.05) is 69.3 Å². The Morgan fingerprint density at radius 2 is 0.663 bits per heavy atom. The number of primary amides is 1. The van der Waals surface area contributed by atoms with Crippen LogP contribution in [0.5, 0.6) is 23.0 Å². The van der Waals surface area contributed by atoms with Crippen LogP contribution in [0.2, 0.25) is 0 Å². The van der Waals surface area contributed by atoms with Gasteiger partial charge in [0.25, 0.3) is 23.6 Å². The predicted molar refractivity (Wildman–Crippen MR) is 312 cm³/mol. The molecular weight excluding hydrogens is 1080 g/mol. The Morgan fingerprint density at radius 3 is 0.904 bits per heavy atom. The number of hydrogen-bond donors (Lipinski definition) is 15. The lowest BCUT2D eigenvalue weighted by molar-refractivity contribution is -0.118. The summed E-state index contributed by atoms with van der Waals surface area (Å²) in [6, 6.07) is 12.2. The average Bonchev–Trinajstić information content (AvgIpc) is 3.51. The smallest absolute Gasteiger partial charge is 0.255 e. The van der Waals surface area contributed by atoms with E-state index in [1.807, 2.05) is 0 Å². The van der Waals surface area contributed by atoms with Gasteiger partial charge in [-0.15, -0.1) is 0 Å². The van der Waals surface area contributed by atoms with Crippen molar-refractivity contribution in [2.45, 2.75) is 69.6 Å². The molecule has 0 bridgehead atoms. The topological polar surface area (TPSA) is 503 Å². The quantitative estimate of drug-likeness (QED) is 0.0171. The van der Waals surface area contributed by atoms with Crippen molar-refractivity contribution in [3.63, 3.8) is 0 Å². The summed E-state index contributed by atoms with van der Waals surface area (Å²) in [6.07, 6.45) is 0.651. The van der Waals surface area contributed by atoms with Gasteiger partial charge >= 0.3 is 0 Å². The lowest BCUT2D eigenvalue weighted by Crippen LogP contribution is -2.44. The van der Waals surface area contributed by atoms with Gasteiger partial charge in [-0.05, 0) is 118 Å². The standard InChI is InChI=1S/C53H72N18O12/c1-27(54)44(73)65-29-13-17-40(81-3)33(24-29)45(74)70-37(10-7-21-63-52(58)59)49(78)67-31-15-19-42(83-5)35(26-31)47(76)71-38(11-8-22-64-53(60)61)50(79)68-30-14-18-41(82-4)34(25-30)46(75)69-36(9-6-20-62-51(56)57)48(77)66-28-12-16-39(80-2)32(23-28)43(55)72/h12-19,23-27,36-38H,6-11,20-22,54H2,1-5H3,(H2,55,72)(H,65,73)(H,66,77)(H,67,78)(H,68,79)(H,69,75)(H,70,74)(H,71,76)(H4,56,57,62)(H4,58,59,63)(H4,60,61,64)/t27-,36-,37-,38-/m1/s1. The molecular formula is C53H72N18O12. The van der Waals surface area contributed by atoms with Crippen LogP contribution >= 0.6 is 0 Å². The van der Waals surface area contributed by atoms with E-state index in [1.165, 1.54) is 108 Å². The van der Waals surface area contributed by atoms with E-state index in [0.29, 0.717) is 0 Å². The van der Waals surface area contributed by atoms with Crippen LogP contribution < -0.4 is 102 Å². The first-order valence-corrected chi connectivity index (χ1v) is 25.6. The van der Waals surface area contributed by atoms with Crippen molar-refractivity contribution in [1.82, 2.24) is 16.0 Å². The predicted octanol–water partition coefficient (Wildman–Crippen LogP) is -0.522. The normalized spacial score (nSPS) is 12.0. The Kier molecular flexibility index (Phi) is 25.1. The maximum absolute atomic E-state index is 14.3. The molecule has 4 atom stereocenters. The summed E-state index contributed by atoms with van der Waals surface area (Å²) < 4.78 is 21.6. The van der Waals surface area contributed by atoms with Gasteiger partial charge in [0.05, 0.1) is 56.7 Å². The first kappa shape index (κ1) is 65.1. The minimum Gasteiger partial charge on any atom is -0.496 e. The molecule has 0 aliphatic carbocycles. The molecule has 0 unspecified atom stereocenters.